The zero-order chi connectivity index (χ0) is 14.7. The van der Waals surface area contributed by atoms with Gasteiger partial charge < -0.3 is 10.2 Å². The highest BCUT2D eigenvalue weighted by Gasteiger charge is 2.09. The first-order valence-corrected chi connectivity index (χ1v) is 7.05. The van der Waals surface area contributed by atoms with E-state index in [1.165, 1.54) is 5.56 Å². The molecule has 5 heteroatoms. The van der Waals surface area contributed by atoms with Gasteiger partial charge in [-0.3, -0.25) is 4.90 Å². The van der Waals surface area contributed by atoms with Crippen molar-refractivity contribution in [2.24, 2.45) is 5.73 Å². The zero-order valence-corrected chi connectivity index (χ0v) is 13.1. The van der Waals surface area contributed by atoms with E-state index in [2.05, 4.69) is 4.90 Å². The van der Waals surface area contributed by atoms with Gasteiger partial charge in [-0.2, -0.15) is 0 Å². The van der Waals surface area contributed by atoms with Crippen LogP contribution in [0.5, 0.6) is 0 Å². The second-order valence-corrected chi connectivity index (χ2v) is 5.69. The van der Waals surface area contributed by atoms with E-state index in [0.29, 0.717) is 10.0 Å². The summed E-state index contributed by atoms with van der Waals surface area (Å²) < 4.78 is 5.30. The Balaban J connectivity index is 2.06. The van der Waals surface area contributed by atoms with Crippen molar-refractivity contribution in [3.05, 3.63) is 58.0 Å². The van der Waals surface area contributed by atoms with Crippen molar-refractivity contribution in [1.82, 2.24) is 4.90 Å². The summed E-state index contributed by atoms with van der Waals surface area (Å²) in [6.45, 7) is 3.53. The van der Waals surface area contributed by atoms with Crippen LogP contribution in [0.2, 0.25) is 5.02 Å². The summed E-state index contributed by atoms with van der Waals surface area (Å²) in [5, 5.41) is 0.686. The summed E-state index contributed by atoms with van der Waals surface area (Å²) in [4.78, 5) is 2.54. The second kappa shape index (κ2) is 6.39. The van der Waals surface area contributed by atoms with E-state index < -0.39 is 0 Å². The van der Waals surface area contributed by atoms with Crippen LogP contribution >= 0.6 is 23.8 Å². The van der Waals surface area contributed by atoms with E-state index in [1.807, 2.05) is 38.2 Å². The molecule has 0 aliphatic heterocycles. The maximum absolute atomic E-state index is 6.27. The number of nitrogens with two attached hydrogens (primary N) is 1. The third-order valence-electron chi connectivity index (χ3n) is 3.18. The highest BCUT2D eigenvalue weighted by atomic mass is 35.5. The van der Waals surface area contributed by atoms with Gasteiger partial charge in [-0.15, -0.1) is 0 Å². The Morgan fingerprint density at radius 1 is 1.30 bits per heavy atom. The van der Waals surface area contributed by atoms with Crippen LogP contribution < -0.4 is 5.73 Å². The Hall–Kier alpha value is -1.36. The molecule has 0 atom stereocenters. The standard InChI is InChI=1S/C15H17ClN2OS/c1-10-12(5-6-19-10)8-18(2)9-13-4-3-11(15(17)20)7-14(13)16/h3-7H,8-9H2,1-2H3,(H2,17,20). The van der Waals surface area contributed by atoms with Gasteiger partial charge in [-0.25, -0.2) is 0 Å². The van der Waals surface area contributed by atoms with Gasteiger partial charge in [0.15, 0.2) is 0 Å². The van der Waals surface area contributed by atoms with E-state index in [1.54, 1.807) is 6.26 Å². The van der Waals surface area contributed by atoms with Crippen LogP contribution in [0.1, 0.15) is 22.5 Å². The van der Waals surface area contributed by atoms with Gasteiger partial charge in [0.1, 0.15) is 10.7 Å². The highest BCUT2D eigenvalue weighted by molar-refractivity contribution is 7.80. The third kappa shape index (κ3) is 3.60. The largest absolute Gasteiger partial charge is 0.469 e. The fourth-order valence-corrected chi connectivity index (χ4v) is 2.41. The number of benzene rings is 1. The normalized spacial score (nSPS) is 11.0. The Morgan fingerprint density at radius 3 is 2.55 bits per heavy atom. The van der Waals surface area contributed by atoms with Crippen LogP contribution in [0.3, 0.4) is 0 Å². The van der Waals surface area contributed by atoms with Gasteiger partial charge in [-0.1, -0.05) is 36.0 Å². The van der Waals surface area contributed by atoms with Crippen LogP contribution in [0.15, 0.2) is 34.9 Å². The summed E-state index contributed by atoms with van der Waals surface area (Å²) >= 11 is 11.2. The molecule has 1 aromatic carbocycles. The van der Waals surface area contributed by atoms with Gasteiger partial charge in [0.2, 0.25) is 0 Å². The lowest BCUT2D eigenvalue weighted by Crippen LogP contribution is -2.18. The molecular weight excluding hydrogens is 292 g/mol. The number of aryl methyl sites for hydroxylation is 1. The summed E-state index contributed by atoms with van der Waals surface area (Å²) in [5.74, 6) is 0.951. The Labute approximate surface area is 129 Å². The molecule has 0 saturated heterocycles. The monoisotopic (exact) mass is 308 g/mol. The molecule has 2 aromatic rings. The Morgan fingerprint density at radius 2 is 2.00 bits per heavy atom. The lowest BCUT2D eigenvalue weighted by Gasteiger charge is -2.17. The number of hydrogen-bond acceptors (Lipinski definition) is 3. The van der Waals surface area contributed by atoms with Crippen molar-refractivity contribution >= 4 is 28.8 Å². The van der Waals surface area contributed by atoms with Gasteiger partial charge in [-0.05, 0) is 31.7 Å². The molecule has 1 aromatic heterocycles. The molecule has 20 heavy (non-hydrogen) atoms. The fraction of sp³-hybridized carbons (Fsp3) is 0.267. The lowest BCUT2D eigenvalue weighted by molar-refractivity contribution is 0.316. The first kappa shape index (κ1) is 15.0. The maximum atomic E-state index is 6.27. The van der Waals surface area contributed by atoms with Crippen LogP contribution in [0, 0.1) is 6.92 Å². The topological polar surface area (TPSA) is 42.4 Å². The second-order valence-electron chi connectivity index (χ2n) is 4.84. The number of thiocarbonyl (C=S) groups is 1. The van der Waals surface area contributed by atoms with Crippen molar-refractivity contribution in [3.8, 4) is 0 Å². The molecule has 2 N–H and O–H groups in total. The minimum absolute atomic E-state index is 0.362. The van der Waals surface area contributed by atoms with Crippen LogP contribution in [0.25, 0.3) is 0 Å². The highest BCUT2D eigenvalue weighted by Crippen LogP contribution is 2.20. The van der Waals surface area contributed by atoms with E-state index in [-0.39, 0.29) is 0 Å². The molecule has 0 amide bonds. The Bertz CT molecular complexity index is 624. The quantitative estimate of drug-likeness (QED) is 0.858. The molecule has 1 heterocycles. The minimum Gasteiger partial charge on any atom is -0.469 e. The summed E-state index contributed by atoms with van der Waals surface area (Å²) in [6.07, 6.45) is 1.71. The maximum Gasteiger partial charge on any atom is 0.105 e. The number of rotatable bonds is 5. The SMILES string of the molecule is Cc1occc1CN(C)Cc1ccc(C(N)=S)cc1Cl. The molecule has 0 bridgehead atoms. The van der Waals surface area contributed by atoms with Crippen LogP contribution in [0.4, 0.5) is 0 Å². The summed E-state index contributed by atoms with van der Waals surface area (Å²) in [7, 11) is 2.05. The molecule has 0 radical (unpaired) electrons. The fourth-order valence-electron chi connectivity index (χ4n) is 2.04. The van der Waals surface area contributed by atoms with E-state index in [0.717, 1.165) is 30.0 Å². The molecule has 2 rings (SSSR count). The Kier molecular flexibility index (Phi) is 4.81. The van der Waals surface area contributed by atoms with Gasteiger partial charge in [0, 0.05) is 29.2 Å². The average molecular weight is 309 g/mol. The lowest BCUT2D eigenvalue weighted by atomic mass is 10.1. The summed E-state index contributed by atoms with van der Waals surface area (Å²) in [5.41, 5.74) is 8.62. The minimum atomic E-state index is 0.362. The zero-order valence-electron chi connectivity index (χ0n) is 11.5. The van der Waals surface area contributed by atoms with E-state index in [4.69, 9.17) is 34.0 Å². The molecule has 0 fully saturated rings. The predicted octanol–water partition coefficient (Wildman–Crippen LogP) is 3.51. The predicted molar refractivity (Wildman–Crippen MR) is 86.0 cm³/mol. The first-order chi connectivity index (χ1) is 9.47. The molecule has 0 saturated carbocycles. The van der Waals surface area contributed by atoms with Crippen LogP contribution in [-0.2, 0) is 13.1 Å². The van der Waals surface area contributed by atoms with Gasteiger partial charge in [0.05, 0.1) is 6.26 Å². The number of halogens is 1. The van der Waals surface area contributed by atoms with Crippen molar-refractivity contribution in [1.29, 1.82) is 0 Å². The van der Waals surface area contributed by atoms with Gasteiger partial charge >= 0.3 is 0 Å². The summed E-state index contributed by atoms with van der Waals surface area (Å²) in [6, 6.07) is 7.68. The van der Waals surface area contributed by atoms with Gasteiger partial charge in [0.25, 0.3) is 0 Å². The molecule has 0 unspecified atom stereocenters. The first-order valence-electron chi connectivity index (χ1n) is 6.27. The molecule has 0 aliphatic rings. The molecule has 3 nitrogen and oxygen atoms in total. The van der Waals surface area contributed by atoms with E-state index in [9.17, 15) is 0 Å². The molecular formula is C15H17ClN2OS. The van der Waals surface area contributed by atoms with E-state index >= 15 is 0 Å². The molecule has 0 aliphatic carbocycles. The van der Waals surface area contributed by atoms with Crippen molar-refractivity contribution < 1.29 is 4.42 Å². The third-order valence-corrected chi connectivity index (χ3v) is 3.77. The number of nitrogens with zero attached hydrogens (tertiary/aromatic N) is 1. The number of hydrogen-bond donors (Lipinski definition) is 1. The molecule has 106 valence electrons. The van der Waals surface area contributed by atoms with Crippen LogP contribution in [-0.4, -0.2) is 16.9 Å². The number of furan rings is 1. The van der Waals surface area contributed by atoms with Crippen molar-refractivity contribution in [2.45, 2.75) is 20.0 Å². The van der Waals surface area contributed by atoms with Crippen molar-refractivity contribution in [2.75, 3.05) is 7.05 Å². The average Bonchev–Trinajstić information content (AvgIpc) is 2.77. The van der Waals surface area contributed by atoms with Crippen molar-refractivity contribution in [3.63, 3.8) is 0 Å². The smallest absolute Gasteiger partial charge is 0.105 e. The molecule has 0 spiro atoms.